The van der Waals surface area contributed by atoms with Crippen LogP contribution in [0.5, 0.6) is 5.75 Å². The van der Waals surface area contributed by atoms with E-state index >= 15 is 0 Å². The van der Waals surface area contributed by atoms with Crippen LogP contribution in [0.25, 0.3) is 23.0 Å². The predicted octanol–water partition coefficient (Wildman–Crippen LogP) is 5.07. The summed E-state index contributed by atoms with van der Waals surface area (Å²) in [6, 6.07) is 18.9. The molecule has 0 fully saturated rings. The Morgan fingerprint density at radius 3 is 2.93 bits per heavy atom. The number of imidazole rings is 1. The van der Waals surface area contributed by atoms with E-state index in [1.165, 1.54) is 0 Å². The van der Waals surface area contributed by atoms with E-state index < -0.39 is 0 Å². The van der Waals surface area contributed by atoms with Crippen LogP contribution in [0, 0.1) is 0 Å². The molecule has 3 heterocycles. The molecule has 6 heteroatoms. The van der Waals surface area contributed by atoms with E-state index in [1.807, 2.05) is 65.3 Å². The molecule has 0 radical (unpaired) electrons. The van der Waals surface area contributed by atoms with Gasteiger partial charge in [-0.1, -0.05) is 29.8 Å². The molecule has 0 saturated heterocycles. The van der Waals surface area contributed by atoms with Gasteiger partial charge in [0, 0.05) is 34.2 Å². The van der Waals surface area contributed by atoms with Gasteiger partial charge in [0.1, 0.15) is 18.0 Å². The summed E-state index contributed by atoms with van der Waals surface area (Å²) in [5, 5.41) is 3.55. The van der Waals surface area contributed by atoms with E-state index in [-0.39, 0.29) is 12.5 Å². The molecule has 4 aromatic rings. The molecular weight excluding hydrogens is 386 g/mol. The molecule has 1 N–H and O–H groups in total. The van der Waals surface area contributed by atoms with Gasteiger partial charge >= 0.3 is 0 Å². The number of nitrogens with one attached hydrogen (secondary N) is 1. The molecule has 0 spiro atoms. The summed E-state index contributed by atoms with van der Waals surface area (Å²) < 4.78 is 7.64. The number of aromatic nitrogens is 2. The van der Waals surface area contributed by atoms with Crippen LogP contribution < -0.4 is 10.1 Å². The third-order valence-corrected chi connectivity index (χ3v) is 4.99. The quantitative estimate of drug-likeness (QED) is 0.521. The Balaban J connectivity index is 1.40. The van der Waals surface area contributed by atoms with Crippen molar-refractivity contribution in [2.45, 2.75) is 0 Å². The topological polar surface area (TPSA) is 55.6 Å². The minimum absolute atomic E-state index is 0.206. The largest absolute Gasteiger partial charge is 0.488 e. The number of hydrogen-bond acceptors (Lipinski definition) is 3. The summed E-state index contributed by atoms with van der Waals surface area (Å²) in [4.78, 5) is 17.4. The minimum Gasteiger partial charge on any atom is -0.488 e. The second-order valence-corrected chi connectivity index (χ2v) is 7.20. The average molecular weight is 402 g/mol. The first-order valence-corrected chi connectivity index (χ1v) is 9.52. The number of fused-ring (bicyclic) bond motifs is 2. The number of ether oxygens (including phenoxy) is 1. The fourth-order valence-electron chi connectivity index (χ4n) is 3.32. The lowest BCUT2D eigenvalue weighted by molar-refractivity contribution is -0.113. The number of rotatable bonds is 3. The van der Waals surface area contributed by atoms with Crippen LogP contribution >= 0.6 is 11.6 Å². The van der Waals surface area contributed by atoms with Crippen molar-refractivity contribution < 1.29 is 9.53 Å². The van der Waals surface area contributed by atoms with Gasteiger partial charge in [0.2, 0.25) is 0 Å². The number of pyridine rings is 1. The highest BCUT2D eigenvalue weighted by Crippen LogP contribution is 2.29. The molecule has 0 unspecified atom stereocenters. The molecule has 0 saturated carbocycles. The number of nitrogens with zero attached hydrogens (tertiary/aromatic N) is 2. The predicted molar refractivity (Wildman–Crippen MR) is 114 cm³/mol. The first kappa shape index (κ1) is 17.5. The highest BCUT2D eigenvalue weighted by atomic mass is 35.5. The van der Waals surface area contributed by atoms with E-state index in [0.717, 1.165) is 28.2 Å². The first-order chi connectivity index (χ1) is 14.2. The number of carbonyl (C=O) groups is 1. The number of amides is 1. The highest BCUT2D eigenvalue weighted by molar-refractivity contribution is 6.30. The van der Waals surface area contributed by atoms with E-state index in [1.54, 1.807) is 18.2 Å². The van der Waals surface area contributed by atoms with Gasteiger partial charge in [0.15, 0.2) is 0 Å². The van der Waals surface area contributed by atoms with Crippen molar-refractivity contribution in [3.05, 3.63) is 89.2 Å². The van der Waals surface area contributed by atoms with Gasteiger partial charge in [0.25, 0.3) is 5.91 Å². The maximum atomic E-state index is 12.7. The average Bonchev–Trinajstić information content (AvgIpc) is 3.18. The number of benzene rings is 2. The molecular formula is C23H16ClN3O2. The molecule has 29 heavy (non-hydrogen) atoms. The number of carbonyl (C=O) groups excluding carboxylic acids is 1. The van der Waals surface area contributed by atoms with Crippen molar-refractivity contribution in [1.29, 1.82) is 0 Å². The van der Waals surface area contributed by atoms with Gasteiger partial charge in [-0.2, -0.15) is 0 Å². The fourth-order valence-corrected chi connectivity index (χ4v) is 3.50. The summed E-state index contributed by atoms with van der Waals surface area (Å²) in [6.45, 7) is 0.215. The molecule has 5 rings (SSSR count). The van der Waals surface area contributed by atoms with Crippen molar-refractivity contribution in [3.8, 4) is 17.0 Å². The molecule has 1 amide bonds. The Morgan fingerprint density at radius 1 is 1.10 bits per heavy atom. The molecule has 2 aromatic carbocycles. The molecule has 1 aliphatic rings. The van der Waals surface area contributed by atoms with Crippen molar-refractivity contribution >= 4 is 34.9 Å². The number of halogens is 1. The highest BCUT2D eigenvalue weighted by Gasteiger charge is 2.18. The maximum absolute atomic E-state index is 12.7. The van der Waals surface area contributed by atoms with Gasteiger partial charge in [-0.3, -0.25) is 4.79 Å². The van der Waals surface area contributed by atoms with Gasteiger partial charge < -0.3 is 14.5 Å². The summed E-state index contributed by atoms with van der Waals surface area (Å²) in [7, 11) is 0. The summed E-state index contributed by atoms with van der Waals surface area (Å²) in [5.41, 5.74) is 4.68. The normalized spacial score (nSPS) is 12.8. The summed E-state index contributed by atoms with van der Waals surface area (Å²) in [5.74, 6) is 0.516. The second kappa shape index (κ2) is 7.11. The number of hydrogen-bond donors (Lipinski definition) is 1. The van der Waals surface area contributed by atoms with E-state index in [0.29, 0.717) is 16.3 Å². The Hall–Kier alpha value is -3.57. The van der Waals surface area contributed by atoms with Gasteiger partial charge in [-0.05, 0) is 48.5 Å². The lowest BCUT2D eigenvalue weighted by Gasteiger charge is -2.18. The smallest absolute Gasteiger partial charge is 0.255 e. The van der Waals surface area contributed by atoms with E-state index in [2.05, 4.69) is 10.3 Å². The zero-order valence-electron chi connectivity index (χ0n) is 15.3. The molecule has 1 aliphatic heterocycles. The molecule has 0 atom stereocenters. The second-order valence-electron chi connectivity index (χ2n) is 6.77. The van der Waals surface area contributed by atoms with Crippen LogP contribution in [0.4, 0.5) is 5.69 Å². The van der Waals surface area contributed by atoms with Gasteiger partial charge in [-0.15, -0.1) is 0 Å². The molecule has 142 valence electrons. The van der Waals surface area contributed by atoms with E-state index in [4.69, 9.17) is 16.3 Å². The zero-order valence-corrected chi connectivity index (χ0v) is 16.1. The lowest BCUT2D eigenvalue weighted by atomic mass is 10.1. The van der Waals surface area contributed by atoms with Crippen LogP contribution in [-0.2, 0) is 4.79 Å². The molecule has 2 aromatic heterocycles. The van der Waals surface area contributed by atoms with Crippen LogP contribution in [0.3, 0.4) is 0 Å². The summed E-state index contributed by atoms with van der Waals surface area (Å²) >= 11 is 6.05. The van der Waals surface area contributed by atoms with E-state index in [9.17, 15) is 4.79 Å². The maximum Gasteiger partial charge on any atom is 0.255 e. The van der Waals surface area contributed by atoms with Crippen molar-refractivity contribution in [1.82, 2.24) is 9.38 Å². The van der Waals surface area contributed by atoms with Crippen LogP contribution in [0.1, 0.15) is 5.56 Å². The Bertz CT molecular complexity index is 1240. The molecule has 0 aliphatic carbocycles. The van der Waals surface area contributed by atoms with Gasteiger partial charge in [-0.25, -0.2) is 4.98 Å². The molecule has 5 nitrogen and oxygen atoms in total. The molecule has 0 bridgehead atoms. The van der Waals surface area contributed by atoms with Crippen molar-refractivity contribution in [3.63, 3.8) is 0 Å². The first-order valence-electron chi connectivity index (χ1n) is 9.14. The van der Waals surface area contributed by atoms with Crippen molar-refractivity contribution in [2.75, 3.05) is 11.9 Å². The van der Waals surface area contributed by atoms with Gasteiger partial charge in [0.05, 0.1) is 11.3 Å². The third kappa shape index (κ3) is 3.48. The summed E-state index contributed by atoms with van der Waals surface area (Å²) in [6.07, 6.45) is 5.73. The van der Waals surface area contributed by atoms with Crippen LogP contribution in [0.15, 0.2) is 78.6 Å². The Morgan fingerprint density at radius 2 is 2.03 bits per heavy atom. The fraction of sp³-hybridized carbons (Fsp3) is 0.0435. The zero-order chi connectivity index (χ0) is 19.8. The minimum atomic E-state index is -0.206. The van der Waals surface area contributed by atoms with Crippen LogP contribution in [0.2, 0.25) is 5.02 Å². The monoisotopic (exact) mass is 401 g/mol. The third-order valence-electron chi connectivity index (χ3n) is 4.76. The number of anilines is 1. The van der Waals surface area contributed by atoms with Crippen molar-refractivity contribution in [2.24, 2.45) is 0 Å². The van der Waals surface area contributed by atoms with Crippen LogP contribution in [-0.4, -0.2) is 21.9 Å². The standard InChI is InChI=1S/C23H16ClN3O2/c24-18-7-8-21-16(11-18)10-17(14-29-21)23(28)25-19-5-3-4-15(12-19)20-13-27-9-2-1-6-22(27)26-20/h1-13H,14H2,(H,25,28). The Kier molecular flexibility index (Phi) is 4.30. The SMILES string of the molecule is O=C(Nc1cccc(-c2cn3ccccc3n2)c1)C1=Cc2cc(Cl)ccc2OC1. The lowest BCUT2D eigenvalue weighted by Crippen LogP contribution is -2.21. The Labute approximate surface area is 172 Å².